The Morgan fingerprint density at radius 2 is 1.13 bits per heavy atom. The lowest BCUT2D eigenvalue weighted by molar-refractivity contribution is -0.172. The van der Waals surface area contributed by atoms with E-state index in [0.29, 0.717) is 11.3 Å². The van der Waals surface area contributed by atoms with Gasteiger partial charge in [-0.3, -0.25) is 14.4 Å². The van der Waals surface area contributed by atoms with Crippen molar-refractivity contribution >= 4 is 23.7 Å². The van der Waals surface area contributed by atoms with Crippen LogP contribution in [0.4, 0.5) is 0 Å². The highest BCUT2D eigenvalue weighted by atomic mass is 16.7. The van der Waals surface area contributed by atoms with Crippen LogP contribution < -0.4 is 14.2 Å². The smallest absolute Gasteiger partial charge is 0.349 e. The van der Waals surface area contributed by atoms with Gasteiger partial charge in [0.1, 0.15) is 28.7 Å². The number of ketones is 1. The summed E-state index contributed by atoms with van der Waals surface area (Å²) in [5.74, 6) is -1.30. The molecule has 376 valence electrons. The number of carbonyl (C=O) groups excluding carboxylic acids is 3. The van der Waals surface area contributed by atoms with Crippen molar-refractivity contribution in [3.8, 4) is 62.9 Å². The summed E-state index contributed by atoms with van der Waals surface area (Å²) in [6, 6.07) is 15.8. The molecule has 0 saturated heterocycles. The van der Waals surface area contributed by atoms with Gasteiger partial charge in [-0.05, 0) is 106 Å². The minimum atomic E-state index is -1.15. The van der Waals surface area contributed by atoms with Gasteiger partial charge in [0.15, 0.2) is 35.5 Å². The highest BCUT2D eigenvalue weighted by Gasteiger charge is 2.35. The predicted molar refractivity (Wildman–Crippen MR) is 263 cm³/mol. The number of hydrogen-bond donors (Lipinski definition) is 3. The Balaban J connectivity index is 0.00000137. The van der Waals surface area contributed by atoms with Crippen LogP contribution >= 0.6 is 0 Å². The van der Waals surface area contributed by atoms with E-state index < -0.39 is 36.9 Å². The van der Waals surface area contributed by atoms with Crippen molar-refractivity contribution in [1.82, 2.24) is 15.0 Å². The first-order valence-electron chi connectivity index (χ1n) is 24.6. The normalized spacial score (nSPS) is 16.2. The molecule has 1 aromatic heterocycles. The molecule has 5 rings (SSSR count). The van der Waals surface area contributed by atoms with Crippen LogP contribution in [0.15, 0.2) is 60.7 Å². The van der Waals surface area contributed by atoms with Crippen molar-refractivity contribution in [2.24, 2.45) is 17.8 Å². The van der Waals surface area contributed by atoms with E-state index >= 15 is 0 Å². The van der Waals surface area contributed by atoms with Crippen molar-refractivity contribution in [2.45, 2.75) is 156 Å². The highest BCUT2D eigenvalue weighted by Crippen LogP contribution is 2.42. The summed E-state index contributed by atoms with van der Waals surface area (Å²) in [6.45, 7) is 10.5. The number of aromatic hydroxyl groups is 2. The number of Topliss-reactive ketones (excluding diaryl/α,β-unsaturated/α-hetero) is 1. The molecule has 5 unspecified atom stereocenters. The van der Waals surface area contributed by atoms with Crippen LogP contribution in [-0.2, 0) is 28.7 Å². The molecule has 1 fully saturated rings. The number of methoxy groups -OCH3 is 1. The van der Waals surface area contributed by atoms with Crippen molar-refractivity contribution < 1.29 is 58.2 Å². The summed E-state index contributed by atoms with van der Waals surface area (Å²) in [5, 5.41) is 31.8. The van der Waals surface area contributed by atoms with E-state index in [1.54, 1.807) is 50.4 Å². The minimum absolute atomic E-state index is 0.000666. The maximum absolute atomic E-state index is 12.9. The second kappa shape index (κ2) is 28.9. The number of carbonyl (C=O) groups is 4. The molecule has 0 aliphatic heterocycles. The van der Waals surface area contributed by atoms with Gasteiger partial charge in [-0.2, -0.15) is 0 Å². The first-order valence-corrected chi connectivity index (χ1v) is 24.6. The zero-order valence-electron chi connectivity index (χ0n) is 41.5. The van der Waals surface area contributed by atoms with Gasteiger partial charge >= 0.3 is 17.9 Å². The Kier molecular flexibility index (Phi) is 23.2. The molecule has 0 bridgehead atoms. The molecule has 3 aromatic carbocycles. The van der Waals surface area contributed by atoms with Crippen molar-refractivity contribution in [2.75, 3.05) is 13.9 Å². The van der Waals surface area contributed by atoms with Crippen LogP contribution in [0.2, 0.25) is 0 Å². The SMILES string of the molecule is CCCCCCC.CCCCCCCC1C(CC(=O)O)CCCC1CC(=O)OCOC(=O)C(C)Oc1ccc(-c2nc(-c3ccc(OC)cc3)nc(-c3ccc(OC(C)C(C)=O)cc3O)n2)c(O)c1. The monoisotopic (exact) mass is 956 g/mol. The second-order valence-electron chi connectivity index (χ2n) is 17.8. The minimum Gasteiger partial charge on any atom is -0.507 e. The number of unbranched alkanes of at least 4 members (excludes halogenated alkanes) is 8. The number of rotatable bonds is 26. The van der Waals surface area contributed by atoms with E-state index in [0.717, 1.165) is 51.4 Å². The van der Waals surface area contributed by atoms with Gasteiger partial charge in [-0.1, -0.05) is 91.4 Å². The Labute approximate surface area is 407 Å². The van der Waals surface area contributed by atoms with Crippen molar-refractivity contribution in [3.63, 3.8) is 0 Å². The first kappa shape index (κ1) is 55.3. The van der Waals surface area contributed by atoms with Crippen molar-refractivity contribution in [1.29, 1.82) is 0 Å². The van der Waals surface area contributed by atoms with Crippen LogP contribution in [0.25, 0.3) is 34.2 Å². The topological polar surface area (TPSA) is 214 Å². The number of hydrogen-bond acceptors (Lipinski definition) is 14. The van der Waals surface area contributed by atoms with Crippen LogP contribution in [-0.4, -0.2) is 80.1 Å². The summed E-state index contributed by atoms with van der Waals surface area (Å²) in [7, 11) is 1.55. The number of phenols is 2. The highest BCUT2D eigenvalue weighted by molar-refractivity contribution is 5.80. The fourth-order valence-electron chi connectivity index (χ4n) is 8.43. The van der Waals surface area contributed by atoms with E-state index in [1.165, 1.54) is 76.6 Å². The van der Waals surface area contributed by atoms with Gasteiger partial charge in [-0.15, -0.1) is 0 Å². The summed E-state index contributed by atoms with van der Waals surface area (Å²) >= 11 is 0. The third-order valence-corrected chi connectivity index (χ3v) is 12.4. The third kappa shape index (κ3) is 18.0. The fraction of sp³-hybridized carbons (Fsp3) is 0.537. The Hall–Kier alpha value is -6.25. The number of ether oxygens (including phenoxy) is 5. The van der Waals surface area contributed by atoms with Crippen LogP contribution in [0.1, 0.15) is 144 Å². The largest absolute Gasteiger partial charge is 0.507 e. The molecule has 1 saturated carbocycles. The van der Waals surface area contributed by atoms with E-state index in [4.69, 9.17) is 23.7 Å². The number of aromatic nitrogens is 3. The Morgan fingerprint density at radius 1 is 0.638 bits per heavy atom. The number of aliphatic carboxylic acids is 1. The van der Waals surface area contributed by atoms with E-state index in [9.17, 15) is 34.5 Å². The van der Waals surface area contributed by atoms with E-state index in [2.05, 4.69) is 35.7 Å². The summed E-state index contributed by atoms with van der Waals surface area (Å²) in [6.07, 6.45) is 14.2. The molecule has 0 spiro atoms. The molecule has 5 atom stereocenters. The van der Waals surface area contributed by atoms with E-state index in [1.807, 2.05) is 0 Å². The molecule has 4 aromatic rings. The number of nitrogens with zero attached hydrogens (tertiary/aromatic N) is 3. The Morgan fingerprint density at radius 3 is 1.64 bits per heavy atom. The molecule has 0 amide bonds. The van der Waals surface area contributed by atoms with Crippen LogP contribution in [0.3, 0.4) is 0 Å². The van der Waals surface area contributed by atoms with Gasteiger partial charge in [0.05, 0.1) is 18.2 Å². The molecule has 1 heterocycles. The molecule has 15 nitrogen and oxygen atoms in total. The number of benzene rings is 3. The average molecular weight is 956 g/mol. The van der Waals surface area contributed by atoms with Gasteiger partial charge in [0.2, 0.25) is 6.79 Å². The fourth-order valence-corrected chi connectivity index (χ4v) is 8.43. The zero-order chi connectivity index (χ0) is 50.3. The number of carboxylic acid groups (broad SMARTS) is 1. The van der Waals surface area contributed by atoms with E-state index in [-0.39, 0.29) is 88.0 Å². The summed E-state index contributed by atoms with van der Waals surface area (Å²) < 4.78 is 27.2. The van der Waals surface area contributed by atoms with Crippen molar-refractivity contribution in [3.05, 3.63) is 60.7 Å². The lowest BCUT2D eigenvalue weighted by Gasteiger charge is -2.37. The molecule has 69 heavy (non-hydrogen) atoms. The predicted octanol–water partition coefficient (Wildman–Crippen LogP) is 11.7. The maximum Gasteiger partial charge on any atom is 0.349 e. The first-order chi connectivity index (χ1) is 33.2. The molecule has 0 radical (unpaired) electrons. The lowest BCUT2D eigenvalue weighted by atomic mass is 9.67. The third-order valence-electron chi connectivity index (χ3n) is 12.4. The van der Waals surface area contributed by atoms with Crippen LogP contribution in [0.5, 0.6) is 28.7 Å². The average Bonchev–Trinajstić information content (AvgIpc) is 3.32. The number of phenolic OH excluding ortho intramolecular Hbond substituents is 2. The molecule has 3 N–H and O–H groups in total. The van der Waals surface area contributed by atoms with Gasteiger partial charge < -0.3 is 39.0 Å². The lowest BCUT2D eigenvalue weighted by Crippen LogP contribution is -2.32. The Bertz CT molecular complexity index is 2250. The molecular formula is C54H73N3O12. The molecule has 1 aliphatic carbocycles. The molecular weight excluding hydrogens is 883 g/mol. The summed E-state index contributed by atoms with van der Waals surface area (Å²) in [5.41, 5.74) is 1.02. The van der Waals surface area contributed by atoms with Gasteiger partial charge in [-0.25, -0.2) is 19.7 Å². The summed E-state index contributed by atoms with van der Waals surface area (Å²) in [4.78, 5) is 62.9. The molecule has 15 heteroatoms. The number of carboxylic acids is 1. The maximum atomic E-state index is 12.9. The number of esters is 2. The quantitative estimate of drug-likeness (QED) is 0.0303. The zero-order valence-corrected chi connectivity index (χ0v) is 41.5. The molecule has 1 aliphatic rings. The second-order valence-corrected chi connectivity index (χ2v) is 17.8. The standard InChI is InChI=1S/C47H57N3O12.C7H16/c1-6-7-8-9-10-14-37-32(23-42(54)55)12-11-13-33(37)24-43(56)59-27-60-47(57)30(4)62-36-20-22-39(41(53)26-36)46-49-44(31-15-17-34(58-5)18-16-31)48-45(50-46)38-21-19-35(25-40(38)52)61-29(3)28(2)51;1-3-5-7-6-4-2/h15-22,25-26,29-30,32-33,37,52-53H,6-14,23-24,27H2,1-5H3,(H,54,55);3-7H2,1-2H3. The van der Waals surface area contributed by atoms with Gasteiger partial charge in [0, 0.05) is 30.5 Å². The van der Waals surface area contributed by atoms with Gasteiger partial charge in [0.25, 0.3) is 0 Å². The van der Waals surface area contributed by atoms with Crippen LogP contribution in [0, 0.1) is 17.8 Å².